The molecule has 0 aliphatic heterocycles. The maximum absolute atomic E-state index is 5.81. The Morgan fingerprint density at radius 3 is 2.76 bits per heavy atom. The van der Waals surface area contributed by atoms with E-state index >= 15 is 0 Å². The highest BCUT2D eigenvalue weighted by atomic mass is 16.5. The molecule has 3 rings (SSSR count). The third kappa shape index (κ3) is 1.64. The summed E-state index contributed by atoms with van der Waals surface area (Å²) in [7, 11) is 0. The summed E-state index contributed by atoms with van der Waals surface area (Å²) in [5.74, 6) is 0.970. The van der Waals surface area contributed by atoms with E-state index in [1.54, 1.807) is 0 Å². The summed E-state index contributed by atoms with van der Waals surface area (Å²) in [6.45, 7) is 2.69. The fourth-order valence-electron chi connectivity index (χ4n) is 2.21. The third-order valence-corrected chi connectivity index (χ3v) is 2.95. The molecule has 0 fully saturated rings. The molecular weight excluding hydrogens is 208 g/mol. The molecule has 0 saturated carbocycles. The fraction of sp³-hybridized carbons (Fsp3) is 0.125. The Hall–Kier alpha value is -2.02. The van der Waals surface area contributed by atoms with Crippen LogP contribution >= 0.6 is 0 Å². The van der Waals surface area contributed by atoms with Gasteiger partial charge in [-0.2, -0.15) is 0 Å². The Kier molecular flexibility index (Phi) is 2.45. The topological polar surface area (TPSA) is 9.23 Å². The van der Waals surface area contributed by atoms with Gasteiger partial charge in [-0.25, -0.2) is 0 Å². The predicted molar refractivity (Wildman–Crippen MR) is 71.5 cm³/mol. The van der Waals surface area contributed by atoms with Crippen molar-refractivity contribution in [3.63, 3.8) is 0 Å². The van der Waals surface area contributed by atoms with E-state index in [1.165, 1.54) is 16.2 Å². The van der Waals surface area contributed by atoms with Gasteiger partial charge < -0.3 is 4.74 Å². The van der Waals surface area contributed by atoms with Gasteiger partial charge in [0, 0.05) is 10.8 Å². The minimum Gasteiger partial charge on any atom is -0.493 e. The van der Waals surface area contributed by atoms with Crippen LogP contribution in [-0.4, -0.2) is 6.61 Å². The standard InChI is InChI=1S/C16H13O/c1-2-17-16-14-9-5-3-7-12(14)11-13-8-4-6-10-15(13)16/h3-5,7-11H,2H2,1H3. The van der Waals surface area contributed by atoms with Crippen LogP contribution in [0.15, 0.2) is 48.5 Å². The summed E-state index contributed by atoms with van der Waals surface area (Å²) in [6, 6.07) is 19.6. The van der Waals surface area contributed by atoms with E-state index in [2.05, 4.69) is 36.4 Å². The van der Waals surface area contributed by atoms with Gasteiger partial charge in [0.25, 0.3) is 0 Å². The van der Waals surface area contributed by atoms with Crippen molar-refractivity contribution < 1.29 is 4.74 Å². The molecule has 0 aromatic heterocycles. The van der Waals surface area contributed by atoms with Crippen LogP contribution in [0, 0.1) is 6.07 Å². The minimum absolute atomic E-state index is 0.679. The van der Waals surface area contributed by atoms with E-state index in [0.29, 0.717) is 6.61 Å². The summed E-state index contributed by atoms with van der Waals surface area (Å²) in [5, 5.41) is 4.72. The molecule has 0 atom stereocenters. The van der Waals surface area contributed by atoms with Gasteiger partial charge in [-0.1, -0.05) is 36.4 Å². The summed E-state index contributed by atoms with van der Waals surface area (Å²) >= 11 is 0. The molecule has 3 aromatic carbocycles. The average Bonchev–Trinajstić information content (AvgIpc) is 2.39. The van der Waals surface area contributed by atoms with Crippen molar-refractivity contribution in [1.82, 2.24) is 0 Å². The van der Waals surface area contributed by atoms with Crippen molar-refractivity contribution in [3.8, 4) is 5.75 Å². The number of rotatable bonds is 2. The molecule has 0 aliphatic rings. The molecule has 0 N–H and O–H groups in total. The molecule has 0 bridgehead atoms. The van der Waals surface area contributed by atoms with Gasteiger partial charge in [0.05, 0.1) is 6.61 Å². The van der Waals surface area contributed by atoms with Crippen LogP contribution in [0.25, 0.3) is 21.5 Å². The van der Waals surface area contributed by atoms with E-state index in [-0.39, 0.29) is 0 Å². The van der Waals surface area contributed by atoms with Crippen molar-refractivity contribution >= 4 is 21.5 Å². The SMILES string of the molecule is CCOc1c2c[c]ccc2cc2ccccc12. The summed E-state index contributed by atoms with van der Waals surface area (Å²) in [4.78, 5) is 0. The molecule has 0 saturated heterocycles. The molecule has 1 nitrogen and oxygen atoms in total. The van der Waals surface area contributed by atoms with E-state index in [4.69, 9.17) is 4.74 Å². The van der Waals surface area contributed by atoms with E-state index in [0.717, 1.165) is 11.1 Å². The lowest BCUT2D eigenvalue weighted by molar-refractivity contribution is 0.348. The number of fused-ring (bicyclic) bond motifs is 2. The molecule has 3 aromatic rings. The highest BCUT2D eigenvalue weighted by Gasteiger charge is 2.07. The van der Waals surface area contributed by atoms with Crippen LogP contribution in [0.3, 0.4) is 0 Å². The van der Waals surface area contributed by atoms with Crippen molar-refractivity contribution in [1.29, 1.82) is 0 Å². The van der Waals surface area contributed by atoms with Crippen molar-refractivity contribution in [2.75, 3.05) is 6.61 Å². The number of hydrogen-bond donors (Lipinski definition) is 0. The molecular formula is C16H13O. The first-order valence-electron chi connectivity index (χ1n) is 5.84. The second-order valence-electron chi connectivity index (χ2n) is 4.01. The summed E-state index contributed by atoms with van der Waals surface area (Å²) in [6.07, 6.45) is 0. The Morgan fingerprint density at radius 1 is 1.06 bits per heavy atom. The van der Waals surface area contributed by atoms with Gasteiger partial charge in [0.1, 0.15) is 5.75 Å². The zero-order chi connectivity index (χ0) is 11.7. The van der Waals surface area contributed by atoms with Crippen LogP contribution < -0.4 is 4.74 Å². The molecule has 1 heteroatoms. The third-order valence-electron chi connectivity index (χ3n) is 2.95. The first-order valence-corrected chi connectivity index (χ1v) is 5.84. The van der Waals surface area contributed by atoms with E-state index < -0.39 is 0 Å². The first-order chi connectivity index (χ1) is 8.40. The normalized spacial score (nSPS) is 10.9. The van der Waals surface area contributed by atoms with Crippen LogP contribution in [0.5, 0.6) is 5.75 Å². The van der Waals surface area contributed by atoms with Crippen LogP contribution in [-0.2, 0) is 0 Å². The number of hydrogen-bond acceptors (Lipinski definition) is 1. The van der Waals surface area contributed by atoms with Gasteiger partial charge >= 0.3 is 0 Å². The second-order valence-corrected chi connectivity index (χ2v) is 4.01. The van der Waals surface area contributed by atoms with E-state index in [1.807, 2.05) is 25.1 Å². The number of benzene rings is 3. The highest BCUT2D eigenvalue weighted by molar-refractivity contribution is 6.05. The van der Waals surface area contributed by atoms with Crippen molar-refractivity contribution in [2.45, 2.75) is 6.92 Å². The smallest absolute Gasteiger partial charge is 0.134 e. The Labute approximate surface area is 101 Å². The fourth-order valence-corrected chi connectivity index (χ4v) is 2.21. The van der Waals surface area contributed by atoms with Gasteiger partial charge in [-0.15, -0.1) is 0 Å². The first kappa shape index (κ1) is 10.2. The molecule has 0 heterocycles. The number of ether oxygens (including phenoxy) is 1. The van der Waals surface area contributed by atoms with Crippen LogP contribution in [0.4, 0.5) is 0 Å². The maximum atomic E-state index is 5.81. The Bertz CT molecular complexity index is 616. The van der Waals surface area contributed by atoms with E-state index in [9.17, 15) is 0 Å². The summed E-state index contributed by atoms with van der Waals surface area (Å²) < 4.78 is 5.81. The molecule has 17 heavy (non-hydrogen) atoms. The molecule has 0 aliphatic carbocycles. The quantitative estimate of drug-likeness (QED) is 0.589. The van der Waals surface area contributed by atoms with Crippen LogP contribution in [0.1, 0.15) is 6.92 Å². The maximum Gasteiger partial charge on any atom is 0.134 e. The minimum atomic E-state index is 0.679. The largest absolute Gasteiger partial charge is 0.493 e. The lowest BCUT2D eigenvalue weighted by Crippen LogP contribution is -1.93. The molecule has 0 amide bonds. The van der Waals surface area contributed by atoms with Gasteiger partial charge in [0.2, 0.25) is 0 Å². The van der Waals surface area contributed by atoms with Crippen molar-refractivity contribution in [2.24, 2.45) is 0 Å². The monoisotopic (exact) mass is 221 g/mol. The van der Waals surface area contributed by atoms with Gasteiger partial charge in [0.15, 0.2) is 0 Å². The lowest BCUT2D eigenvalue weighted by atomic mass is 10.0. The van der Waals surface area contributed by atoms with Crippen LogP contribution in [0.2, 0.25) is 0 Å². The molecule has 0 spiro atoms. The molecule has 0 unspecified atom stereocenters. The Balaban J connectivity index is 2.47. The lowest BCUT2D eigenvalue weighted by Gasteiger charge is -2.11. The van der Waals surface area contributed by atoms with Gasteiger partial charge in [-0.3, -0.25) is 0 Å². The zero-order valence-electron chi connectivity index (χ0n) is 9.73. The second kappa shape index (κ2) is 4.10. The van der Waals surface area contributed by atoms with Crippen molar-refractivity contribution in [3.05, 3.63) is 54.6 Å². The Morgan fingerprint density at radius 2 is 1.88 bits per heavy atom. The molecule has 1 radical (unpaired) electrons. The molecule has 83 valence electrons. The summed E-state index contributed by atoms with van der Waals surface area (Å²) in [5.41, 5.74) is 0. The van der Waals surface area contributed by atoms with Gasteiger partial charge in [-0.05, 0) is 35.9 Å². The predicted octanol–water partition coefficient (Wildman–Crippen LogP) is 4.19. The highest BCUT2D eigenvalue weighted by Crippen LogP contribution is 2.34. The average molecular weight is 221 g/mol. The zero-order valence-corrected chi connectivity index (χ0v) is 9.73.